The number of hydrogen-bond donors (Lipinski definition) is 2. The van der Waals surface area contributed by atoms with Gasteiger partial charge in [-0.2, -0.15) is 0 Å². The summed E-state index contributed by atoms with van der Waals surface area (Å²) in [6.07, 6.45) is 6.94. The average molecular weight is 416 g/mol. The first-order valence-electron chi connectivity index (χ1n) is 8.73. The second-order valence-electron chi connectivity index (χ2n) is 5.80. The van der Waals surface area contributed by atoms with E-state index in [2.05, 4.69) is 21.2 Å². The van der Waals surface area contributed by atoms with Crippen molar-refractivity contribution in [3.05, 3.63) is 48.3 Å². The minimum absolute atomic E-state index is 0. The maximum absolute atomic E-state index is 9.06. The molecule has 7 nitrogen and oxygen atoms in total. The zero-order valence-corrected chi connectivity index (χ0v) is 16.7. The van der Waals surface area contributed by atoms with E-state index in [1.807, 2.05) is 30.3 Å². The van der Waals surface area contributed by atoms with Crippen molar-refractivity contribution < 1.29 is 19.3 Å². The van der Waals surface area contributed by atoms with Crippen LogP contribution in [0.15, 0.2) is 42.7 Å². The third-order valence-corrected chi connectivity index (χ3v) is 3.89. The van der Waals surface area contributed by atoms with E-state index in [0.29, 0.717) is 36.0 Å². The van der Waals surface area contributed by atoms with E-state index in [1.165, 1.54) is 6.33 Å². The number of anilines is 2. The number of ether oxygens (including phenoxy) is 3. The Morgan fingerprint density at radius 3 is 2.62 bits per heavy atom. The van der Waals surface area contributed by atoms with Crippen LogP contribution < -0.4 is 14.8 Å². The molecule has 0 amide bonds. The van der Waals surface area contributed by atoms with Crippen molar-refractivity contribution in [1.29, 1.82) is 0 Å². The summed E-state index contributed by atoms with van der Waals surface area (Å²) in [4.78, 5) is 8.67. The first kappa shape index (κ1) is 22.2. The van der Waals surface area contributed by atoms with E-state index in [0.717, 1.165) is 16.6 Å². The SMILES string of the molecule is C#Cc1cccc(Nc2ncnc3cc(OCCO)c(OCCOC)cc23)c1.Cl. The van der Waals surface area contributed by atoms with Gasteiger partial charge in [-0.3, -0.25) is 0 Å². The molecule has 0 bridgehead atoms. The van der Waals surface area contributed by atoms with Gasteiger partial charge in [-0.05, 0) is 24.3 Å². The van der Waals surface area contributed by atoms with Crippen LogP contribution in [0.25, 0.3) is 10.9 Å². The number of rotatable bonds is 9. The van der Waals surface area contributed by atoms with Crippen LogP contribution in [0.1, 0.15) is 5.56 Å². The average Bonchev–Trinajstić information content (AvgIpc) is 2.73. The van der Waals surface area contributed by atoms with E-state index in [1.54, 1.807) is 13.2 Å². The largest absolute Gasteiger partial charge is 0.487 e. The summed E-state index contributed by atoms with van der Waals surface area (Å²) in [7, 11) is 1.60. The highest BCUT2D eigenvalue weighted by Gasteiger charge is 2.13. The smallest absolute Gasteiger partial charge is 0.163 e. The van der Waals surface area contributed by atoms with Gasteiger partial charge in [-0.15, -0.1) is 18.8 Å². The number of benzene rings is 2. The Bertz CT molecular complexity index is 991. The summed E-state index contributed by atoms with van der Waals surface area (Å²) in [6, 6.07) is 11.1. The van der Waals surface area contributed by atoms with E-state index in [-0.39, 0.29) is 25.6 Å². The van der Waals surface area contributed by atoms with Gasteiger partial charge in [0.1, 0.15) is 25.4 Å². The fourth-order valence-corrected chi connectivity index (χ4v) is 2.60. The standard InChI is InChI=1S/C21H21N3O4.ClH/c1-3-15-5-4-6-16(11-15)24-21-17-12-19(28-10-9-26-2)20(27-8-7-25)13-18(17)22-14-23-21;/h1,4-6,11-14,25H,7-10H2,2H3,(H,22,23,24);1H. The number of nitrogens with one attached hydrogen (secondary N) is 1. The molecule has 0 aliphatic rings. The van der Waals surface area contributed by atoms with Crippen LogP contribution in [0.3, 0.4) is 0 Å². The lowest BCUT2D eigenvalue weighted by Crippen LogP contribution is -2.08. The number of aliphatic hydroxyl groups is 1. The predicted molar refractivity (Wildman–Crippen MR) is 114 cm³/mol. The third-order valence-electron chi connectivity index (χ3n) is 3.89. The Balaban J connectivity index is 0.00000300. The number of halogens is 1. The summed E-state index contributed by atoms with van der Waals surface area (Å²) in [5.41, 5.74) is 2.27. The zero-order valence-electron chi connectivity index (χ0n) is 15.9. The lowest BCUT2D eigenvalue weighted by atomic mass is 10.2. The first-order chi connectivity index (χ1) is 13.7. The van der Waals surface area contributed by atoms with Crippen LogP contribution in [-0.2, 0) is 4.74 Å². The zero-order chi connectivity index (χ0) is 19.8. The lowest BCUT2D eigenvalue weighted by molar-refractivity contribution is 0.141. The molecule has 3 aromatic rings. The van der Waals surface area contributed by atoms with Crippen LogP contribution in [0.2, 0.25) is 0 Å². The highest BCUT2D eigenvalue weighted by atomic mass is 35.5. The molecule has 2 N–H and O–H groups in total. The Kier molecular flexibility index (Phi) is 8.49. The van der Waals surface area contributed by atoms with Crippen LogP contribution in [0.5, 0.6) is 11.5 Å². The molecule has 8 heteroatoms. The fourth-order valence-electron chi connectivity index (χ4n) is 2.60. The lowest BCUT2D eigenvalue weighted by Gasteiger charge is -2.15. The number of fused-ring (bicyclic) bond motifs is 1. The molecule has 0 spiro atoms. The quantitative estimate of drug-likeness (QED) is 0.410. The summed E-state index contributed by atoms with van der Waals surface area (Å²) >= 11 is 0. The van der Waals surface area contributed by atoms with Gasteiger partial charge in [-0.25, -0.2) is 9.97 Å². The number of aromatic nitrogens is 2. The molecular formula is C21H22ClN3O4. The van der Waals surface area contributed by atoms with Gasteiger partial charge in [0.15, 0.2) is 11.5 Å². The summed E-state index contributed by atoms with van der Waals surface area (Å²) in [5.74, 6) is 4.25. The number of hydrogen-bond acceptors (Lipinski definition) is 7. The van der Waals surface area contributed by atoms with E-state index < -0.39 is 0 Å². The van der Waals surface area contributed by atoms with Crippen molar-refractivity contribution in [3.63, 3.8) is 0 Å². The monoisotopic (exact) mass is 415 g/mol. The number of nitrogens with zero attached hydrogens (tertiary/aromatic N) is 2. The van der Waals surface area contributed by atoms with E-state index >= 15 is 0 Å². The van der Waals surface area contributed by atoms with Crippen LogP contribution in [0, 0.1) is 12.3 Å². The molecule has 29 heavy (non-hydrogen) atoms. The minimum atomic E-state index is -0.0996. The highest BCUT2D eigenvalue weighted by molar-refractivity contribution is 5.93. The molecule has 0 saturated heterocycles. The molecule has 0 unspecified atom stereocenters. The van der Waals surface area contributed by atoms with Crippen molar-refractivity contribution in [2.75, 3.05) is 38.9 Å². The van der Waals surface area contributed by atoms with Crippen molar-refractivity contribution in [2.24, 2.45) is 0 Å². The van der Waals surface area contributed by atoms with Crippen molar-refractivity contribution >= 4 is 34.8 Å². The molecule has 152 valence electrons. The Morgan fingerprint density at radius 2 is 1.86 bits per heavy atom. The van der Waals surface area contributed by atoms with Crippen LogP contribution >= 0.6 is 12.4 Å². The minimum Gasteiger partial charge on any atom is -0.487 e. The highest BCUT2D eigenvalue weighted by Crippen LogP contribution is 2.35. The topological polar surface area (TPSA) is 85.7 Å². The molecule has 1 aromatic heterocycles. The van der Waals surface area contributed by atoms with E-state index in [9.17, 15) is 0 Å². The molecular weight excluding hydrogens is 394 g/mol. The van der Waals surface area contributed by atoms with Crippen molar-refractivity contribution in [3.8, 4) is 23.8 Å². The molecule has 1 heterocycles. The molecule has 0 radical (unpaired) electrons. The fraction of sp³-hybridized carbons (Fsp3) is 0.238. The molecule has 3 rings (SSSR count). The van der Waals surface area contributed by atoms with Crippen molar-refractivity contribution in [1.82, 2.24) is 9.97 Å². The van der Waals surface area contributed by atoms with Crippen molar-refractivity contribution in [2.45, 2.75) is 0 Å². The second kappa shape index (κ2) is 11.1. The van der Waals surface area contributed by atoms with Gasteiger partial charge in [0.2, 0.25) is 0 Å². The third kappa shape index (κ3) is 5.72. The van der Waals surface area contributed by atoms with Crippen LogP contribution in [0.4, 0.5) is 11.5 Å². The Labute approximate surface area is 175 Å². The number of terminal acetylenes is 1. The van der Waals surface area contributed by atoms with Gasteiger partial charge in [0.05, 0.1) is 18.7 Å². The summed E-state index contributed by atoms with van der Waals surface area (Å²) < 4.78 is 16.4. The number of methoxy groups -OCH3 is 1. The maximum Gasteiger partial charge on any atom is 0.163 e. The van der Waals surface area contributed by atoms with Gasteiger partial charge in [-0.1, -0.05) is 12.0 Å². The van der Waals surface area contributed by atoms with Gasteiger partial charge < -0.3 is 24.6 Å². The molecule has 0 aliphatic heterocycles. The molecule has 0 aliphatic carbocycles. The predicted octanol–water partition coefficient (Wildman–Crippen LogP) is 3.17. The Hall–Kier alpha value is -3.05. The Morgan fingerprint density at radius 1 is 1.07 bits per heavy atom. The van der Waals surface area contributed by atoms with Gasteiger partial charge in [0, 0.05) is 29.8 Å². The first-order valence-corrected chi connectivity index (χ1v) is 8.73. The molecule has 0 atom stereocenters. The second-order valence-corrected chi connectivity index (χ2v) is 5.80. The molecule has 0 saturated carbocycles. The maximum atomic E-state index is 9.06. The van der Waals surface area contributed by atoms with E-state index in [4.69, 9.17) is 25.7 Å². The normalized spacial score (nSPS) is 10.1. The van der Waals surface area contributed by atoms with Crippen LogP contribution in [-0.4, -0.2) is 48.6 Å². The summed E-state index contributed by atoms with van der Waals surface area (Å²) in [6.45, 7) is 0.851. The van der Waals surface area contributed by atoms with Gasteiger partial charge >= 0.3 is 0 Å². The number of aliphatic hydroxyl groups excluding tert-OH is 1. The summed E-state index contributed by atoms with van der Waals surface area (Å²) in [5, 5.41) is 13.1. The molecule has 2 aromatic carbocycles. The molecule has 0 fully saturated rings. The van der Waals surface area contributed by atoms with Gasteiger partial charge in [0.25, 0.3) is 0 Å².